The summed E-state index contributed by atoms with van der Waals surface area (Å²) < 4.78 is 0. The number of amides is 2. The number of carbonyl (C=O) groups excluding carboxylic acids is 2. The molecular weight excluding hydrogens is 396 g/mol. The van der Waals surface area contributed by atoms with Crippen LogP contribution >= 0.6 is 0 Å². The summed E-state index contributed by atoms with van der Waals surface area (Å²) in [6.45, 7) is 2.91. The van der Waals surface area contributed by atoms with Crippen LogP contribution in [0.15, 0.2) is 48.7 Å². The van der Waals surface area contributed by atoms with E-state index < -0.39 is 30.6 Å². The Bertz CT molecular complexity index is 943. The van der Waals surface area contributed by atoms with Crippen LogP contribution in [0.25, 0.3) is 0 Å². The molecule has 1 aliphatic heterocycles. The summed E-state index contributed by atoms with van der Waals surface area (Å²) in [5, 5.41) is 21.2. The van der Waals surface area contributed by atoms with Gasteiger partial charge in [0, 0.05) is 43.6 Å². The minimum absolute atomic E-state index is 0.424. The first-order chi connectivity index (χ1) is 15.0. The molecule has 3 N–H and O–H groups in total. The molecule has 1 aromatic carbocycles. The Balaban J connectivity index is 1.54. The van der Waals surface area contributed by atoms with E-state index in [9.17, 15) is 14.7 Å². The van der Waals surface area contributed by atoms with Crippen molar-refractivity contribution >= 4 is 17.5 Å². The van der Waals surface area contributed by atoms with E-state index in [0.29, 0.717) is 26.2 Å². The van der Waals surface area contributed by atoms with Gasteiger partial charge in [-0.25, -0.2) is 9.78 Å². The second-order valence-electron chi connectivity index (χ2n) is 7.28. The van der Waals surface area contributed by atoms with Crippen molar-refractivity contribution < 1.29 is 19.8 Å². The Morgan fingerprint density at radius 2 is 1.81 bits per heavy atom. The van der Waals surface area contributed by atoms with Gasteiger partial charge in [0.05, 0.1) is 6.10 Å². The van der Waals surface area contributed by atoms with Crippen LogP contribution in [0.3, 0.4) is 0 Å². The fourth-order valence-corrected chi connectivity index (χ4v) is 3.29. The Labute approximate surface area is 181 Å². The number of benzene rings is 1. The lowest BCUT2D eigenvalue weighted by atomic mass is 10.1. The Morgan fingerprint density at radius 3 is 2.39 bits per heavy atom. The molecule has 0 aliphatic carbocycles. The molecule has 0 unspecified atom stereocenters. The van der Waals surface area contributed by atoms with Gasteiger partial charge in [-0.1, -0.05) is 12.0 Å². The highest BCUT2D eigenvalue weighted by Crippen LogP contribution is 2.17. The molecule has 162 valence electrons. The van der Waals surface area contributed by atoms with Crippen LogP contribution < -0.4 is 10.2 Å². The molecule has 2 atom stereocenters. The summed E-state index contributed by atoms with van der Waals surface area (Å²) in [5.41, 5.74) is 2.66. The highest BCUT2D eigenvalue weighted by Gasteiger charge is 2.28. The van der Waals surface area contributed by atoms with Crippen LogP contribution in [0.1, 0.15) is 18.2 Å². The number of Topliss-reactive ketones (excluding diaryl/α,β-unsaturated/α-hetero) is 1. The molecule has 1 saturated heterocycles. The van der Waals surface area contributed by atoms with Crippen molar-refractivity contribution in [3.63, 3.8) is 0 Å². The zero-order chi connectivity index (χ0) is 22.2. The van der Waals surface area contributed by atoms with Crippen LogP contribution in [0.4, 0.5) is 10.5 Å². The van der Waals surface area contributed by atoms with Crippen LogP contribution in [-0.4, -0.2) is 76.8 Å². The first-order valence-electron chi connectivity index (χ1n) is 10.1. The lowest BCUT2D eigenvalue weighted by Crippen LogP contribution is -2.57. The molecule has 2 heterocycles. The van der Waals surface area contributed by atoms with Gasteiger partial charge in [-0.05, 0) is 49.2 Å². The molecule has 1 aromatic heterocycles. The maximum atomic E-state index is 12.4. The van der Waals surface area contributed by atoms with Gasteiger partial charge < -0.3 is 25.3 Å². The number of rotatable bonds is 5. The molecular formula is C23H26N4O4. The number of aromatic nitrogens is 1. The van der Waals surface area contributed by atoms with E-state index in [2.05, 4.69) is 27.0 Å². The predicted octanol–water partition coefficient (Wildman–Crippen LogP) is 0.624. The summed E-state index contributed by atoms with van der Waals surface area (Å²) in [6, 6.07) is 12.0. The molecule has 31 heavy (non-hydrogen) atoms. The maximum Gasteiger partial charge on any atom is 0.318 e. The molecule has 2 aromatic rings. The normalized spacial score (nSPS) is 15.5. The SMILES string of the molecule is C[C@H](O)[C@@H](NC(=O)N1CCN(c2ccc(C#Cc3ccccn3)cc2)CC1)C(=O)CO. The van der Waals surface area contributed by atoms with E-state index in [4.69, 9.17) is 5.11 Å². The van der Waals surface area contributed by atoms with Gasteiger partial charge in [-0.2, -0.15) is 0 Å². The number of ketones is 1. The molecule has 2 amide bonds. The maximum absolute atomic E-state index is 12.4. The number of urea groups is 1. The standard InChI is InChI=1S/C23H26N4O4/c1-17(29)22(21(30)16-28)25-23(31)27-14-12-26(13-15-27)20-9-6-18(7-10-20)5-8-19-4-2-3-11-24-19/h2-4,6-7,9-11,17,22,28-29H,12-16H2,1H3,(H,25,31)/t17-,22+/m0/s1. The monoisotopic (exact) mass is 422 g/mol. The van der Waals surface area contributed by atoms with Gasteiger partial charge in [0.25, 0.3) is 0 Å². The van der Waals surface area contributed by atoms with E-state index in [1.165, 1.54) is 6.92 Å². The van der Waals surface area contributed by atoms with Gasteiger partial charge in [0.1, 0.15) is 18.3 Å². The highest BCUT2D eigenvalue weighted by atomic mass is 16.3. The highest BCUT2D eigenvalue weighted by molar-refractivity contribution is 5.89. The molecule has 3 rings (SSSR count). The van der Waals surface area contributed by atoms with E-state index >= 15 is 0 Å². The van der Waals surface area contributed by atoms with E-state index in [1.807, 2.05) is 42.5 Å². The number of nitrogens with one attached hydrogen (secondary N) is 1. The smallest absolute Gasteiger partial charge is 0.318 e. The van der Waals surface area contributed by atoms with Crippen molar-refractivity contribution in [1.29, 1.82) is 0 Å². The number of nitrogens with zero attached hydrogens (tertiary/aromatic N) is 3. The zero-order valence-electron chi connectivity index (χ0n) is 17.4. The number of aliphatic hydroxyl groups excluding tert-OH is 2. The molecule has 8 nitrogen and oxygen atoms in total. The van der Waals surface area contributed by atoms with Crippen LogP contribution in [0.5, 0.6) is 0 Å². The summed E-state index contributed by atoms with van der Waals surface area (Å²) in [7, 11) is 0. The molecule has 0 radical (unpaired) electrons. The van der Waals surface area contributed by atoms with Crippen LogP contribution in [0, 0.1) is 11.8 Å². The third-order valence-corrected chi connectivity index (χ3v) is 5.06. The Morgan fingerprint density at radius 1 is 1.10 bits per heavy atom. The van der Waals surface area contributed by atoms with Gasteiger partial charge in [-0.15, -0.1) is 0 Å². The second kappa shape index (κ2) is 10.6. The van der Waals surface area contributed by atoms with Gasteiger partial charge in [0.2, 0.25) is 0 Å². The Kier molecular flexibility index (Phi) is 7.60. The second-order valence-corrected chi connectivity index (χ2v) is 7.28. The lowest BCUT2D eigenvalue weighted by molar-refractivity contribution is -0.125. The first kappa shape index (κ1) is 22.3. The number of anilines is 1. The summed E-state index contributed by atoms with van der Waals surface area (Å²) >= 11 is 0. The third-order valence-electron chi connectivity index (χ3n) is 5.06. The van der Waals surface area contributed by atoms with Crippen molar-refractivity contribution in [2.24, 2.45) is 0 Å². The summed E-state index contributed by atoms with van der Waals surface area (Å²) in [4.78, 5) is 32.1. The van der Waals surface area contributed by atoms with Gasteiger partial charge >= 0.3 is 6.03 Å². The number of hydrogen-bond donors (Lipinski definition) is 3. The fraction of sp³-hybridized carbons (Fsp3) is 0.348. The van der Waals surface area contributed by atoms with Crippen molar-refractivity contribution in [3.05, 3.63) is 59.9 Å². The minimum Gasteiger partial charge on any atom is -0.391 e. The van der Waals surface area contributed by atoms with Gasteiger partial charge in [-0.3, -0.25) is 4.79 Å². The first-order valence-corrected chi connectivity index (χ1v) is 10.1. The molecule has 0 spiro atoms. The van der Waals surface area contributed by atoms with E-state index in [-0.39, 0.29) is 0 Å². The number of carbonyl (C=O) groups is 2. The summed E-state index contributed by atoms with van der Waals surface area (Å²) in [5.74, 6) is 5.51. The quantitative estimate of drug-likeness (QED) is 0.610. The average molecular weight is 422 g/mol. The Hall–Kier alpha value is -3.41. The minimum atomic E-state index is -1.12. The zero-order valence-corrected chi connectivity index (χ0v) is 17.4. The number of piperazine rings is 1. The predicted molar refractivity (Wildman–Crippen MR) is 117 cm³/mol. The molecule has 0 saturated carbocycles. The van der Waals surface area contributed by atoms with E-state index in [1.54, 1.807) is 11.1 Å². The molecule has 1 aliphatic rings. The van der Waals surface area contributed by atoms with E-state index in [0.717, 1.165) is 16.9 Å². The lowest BCUT2D eigenvalue weighted by Gasteiger charge is -2.36. The van der Waals surface area contributed by atoms with Gasteiger partial charge in [0.15, 0.2) is 5.78 Å². The fourth-order valence-electron chi connectivity index (χ4n) is 3.29. The number of pyridine rings is 1. The van der Waals surface area contributed by atoms with Crippen molar-refractivity contribution in [2.75, 3.05) is 37.7 Å². The average Bonchev–Trinajstić information content (AvgIpc) is 2.81. The van der Waals surface area contributed by atoms with Crippen molar-refractivity contribution in [2.45, 2.75) is 19.1 Å². The molecule has 8 heteroatoms. The van der Waals surface area contributed by atoms with Crippen molar-refractivity contribution in [1.82, 2.24) is 15.2 Å². The largest absolute Gasteiger partial charge is 0.391 e. The number of hydrogen-bond acceptors (Lipinski definition) is 6. The summed E-state index contributed by atoms with van der Waals surface area (Å²) in [6.07, 6.45) is 0.631. The van der Waals surface area contributed by atoms with Crippen LogP contribution in [-0.2, 0) is 4.79 Å². The molecule has 0 bridgehead atoms. The topological polar surface area (TPSA) is 106 Å². The number of aliphatic hydroxyl groups is 2. The van der Waals surface area contributed by atoms with Crippen molar-refractivity contribution in [3.8, 4) is 11.8 Å². The third kappa shape index (κ3) is 6.04. The van der Waals surface area contributed by atoms with Crippen LogP contribution in [0.2, 0.25) is 0 Å². The molecule has 1 fully saturated rings.